The summed E-state index contributed by atoms with van der Waals surface area (Å²) in [6.07, 6.45) is 8.69. The first-order chi connectivity index (χ1) is 19.1. The van der Waals surface area contributed by atoms with E-state index >= 15 is 0 Å². The van der Waals surface area contributed by atoms with E-state index in [9.17, 15) is 4.79 Å². The molecule has 39 heavy (non-hydrogen) atoms. The van der Waals surface area contributed by atoms with Crippen LogP contribution in [-0.2, 0) is 16.6 Å². The molecule has 4 aromatic rings. The van der Waals surface area contributed by atoms with Crippen LogP contribution in [0.4, 0.5) is 17.2 Å². The number of hydrogen-bond acceptors (Lipinski definition) is 8. The van der Waals surface area contributed by atoms with Crippen molar-refractivity contribution in [3.05, 3.63) is 36.4 Å². The van der Waals surface area contributed by atoms with Crippen LogP contribution in [0.2, 0.25) is 0 Å². The minimum atomic E-state index is -0.109. The highest BCUT2D eigenvalue weighted by Crippen LogP contribution is 2.45. The number of aromatic nitrogens is 6. The number of anilines is 3. The van der Waals surface area contributed by atoms with Crippen molar-refractivity contribution in [1.82, 2.24) is 29.3 Å². The van der Waals surface area contributed by atoms with Crippen LogP contribution in [0, 0.1) is 5.92 Å². The zero-order chi connectivity index (χ0) is 26.5. The molecule has 202 valence electrons. The number of nitrogens with one attached hydrogen (secondary N) is 2. The van der Waals surface area contributed by atoms with Crippen LogP contribution in [0.1, 0.15) is 62.9 Å². The number of amides is 1. The van der Waals surface area contributed by atoms with Gasteiger partial charge in [0.25, 0.3) is 0 Å². The molecule has 1 saturated heterocycles. The first-order valence-electron chi connectivity index (χ1n) is 13.7. The van der Waals surface area contributed by atoms with Gasteiger partial charge in [0.15, 0.2) is 17.2 Å². The molecule has 1 aromatic carbocycles. The lowest BCUT2D eigenvalue weighted by atomic mass is 10.1. The maximum absolute atomic E-state index is 12.7. The fourth-order valence-electron chi connectivity index (χ4n) is 5.29. The molecule has 3 aliphatic rings. The molecule has 3 fully saturated rings. The molecule has 0 radical (unpaired) electrons. The third kappa shape index (κ3) is 4.60. The lowest BCUT2D eigenvalue weighted by molar-refractivity contribution is -0.117. The van der Waals surface area contributed by atoms with Gasteiger partial charge < -0.3 is 20.1 Å². The average Bonchev–Trinajstić information content (AvgIpc) is 3.88. The summed E-state index contributed by atoms with van der Waals surface area (Å²) in [6, 6.07) is 7.68. The smallest absolute Gasteiger partial charge is 0.228 e. The van der Waals surface area contributed by atoms with Gasteiger partial charge in [0.2, 0.25) is 5.91 Å². The summed E-state index contributed by atoms with van der Waals surface area (Å²) in [7, 11) is 3.47. The minimum absolute atomic E-state index is 0.0102. The third-order valence-corrected chi connectivity index (χ3v) is 7.59. The van der Waals surface area contributed by atoms with Crippen LogP contribution in [0.15, 0.2) is 30.6 Å². The van der Waals surface area contributed by atoms with Gasteiger partial charge in [-0.3, -0.25) is 14.0 Å². The van der Waals surface area contributed by atoms with Gasteiger partial charge in [-0.05, 0) is 57.1 Å². The number of nitrogens with zero attached hydrogens (tertiary/aromatic N) is 6. The molecular weight excluding hydrogens is 496 g/mol. The Morgan fingerprint density at radius 2 is 1.97 bits per heavy atom. The molecule has 11 heteroatoms. The molecule has 2 saturated carbocycles. The number of methoxy groups -OCH3 is 1. The molecule has 3 aromatic heterocycles. The lowest BCUT2D eigenvalue weighted by Gasteiger charge is -2.25. The van der Waals surface area contributed by atoms with Gasteiger partial charge in [0.1, 0.15) is 29.7 Å². The Morgan fingerprint density at radius 3 is 2.67 bits per heavy atom. The van der Waals surface area contributed by atoms with Gasteiger partial charge in [-0.25, -0.2) is 15.0 Å². The summed E-state index contributed by atoms with van der Waals surface area (Å²) in [5.74, 6) is 3.18. The summed E-state index contributed by atoms with van der Waals surface area (Å²) < 4.78 is 15.9. The SMILES string of the molecule is COc1c(Nc2cc(NC(=O)C3CC3)nc3c2nc(C2CC2)n3C2CCCCO2)cccc1-c1ncn(C)n1. The van der Waals surface area contributed by atoms with Crippen LogP contribution in [0.3, 0.4) is 0 Å². The van der Waals surface area contributed by atoms with E-state index in [4.69, 9.17) is 19.4 Å². The fourth-order valence-corrected chi connectivity index (χ4v) is 5.29. The molecule has 1 amide bonds. The van der Waals surface area contributed by atoms with Crippen LogP contribution in [0.5, 0.6) is 5.75 Å². The first-order valence-corrected chi connectivity index (χ1v) is 13.7. The van der Waals surface area contributed by atoms with Gasteiger partial charge in [0, 0.05) is 31.6 Å². The van der Waals surface area contributed by atoms with Crippen molar-refractivity contribution in [2.45, 2.75) is 57.1 Å². The van der Waals surface area contributed by atoms with Crippen LogP contribution in [0.25, 0.3) is 22.6 Å². The van der Waals surface area contributed by atoms with Crippen LogP contribution < -0.4 is 15.4 Å². The summed E-state index contributed by atoms with van der Waals surface area (Å²) in [6.45, 7) is 0.725. The molecule has 11 nitrogen and oxygen atoms in total. The average molecular weight is 529 g/mol. The Labute approximate surface area is 225 Å². The molecule has 1 unspecified atom stereocenters. The summed E-state index contributed by atoms with van der Waals surface area (Å²) in [5.41, 5.74) is 3.73. The summed E-state index contributed by atoms with van der Waals surface area (Å²) in [5, 5.41) is 11.1. The highest BCUT2D eigenvalue weighted by atomic mass is 16.5. The number of fused-ring (bicyclic) bond motifs is 1. The van der Waals surface area contributed by atoms with E-state index in [0.29, 0.717) is 23.3 Å². The summed E-state index contributed by atoms with van der Waals surface area (Å²) in [4.78, 5) is 27.2. The zero-order valence-corrected chi connectivity index (χ0v) is 22.2. The molecule has 2 N–H and O–H groups in total. The van der Waals surface area contributed by atoms with E-state index in [1.165, 1.54) is 0 Å². The number of aryl methyl sites for hydroxylation is 1. The number of pyridine rings is 1. The van der Waals surface area contributed by atoms with Crippen molar-refractivity contribution < 1.29 is 14.3 Å². The fraction of sp³-hybridized carbons (Fsp3) is 0.464. The molecule has 4 heterocycles. The van der Waals surface area contributed by atoms with Crippen molar-refractivity contribution in [3.8, 4) is 17.1 Å². The monoisotopic (exact) mass is 528 g/mol. The number of ether oxygens (including phenoxy) is 2. The number of carbonyl (C=O) groups is 1. The maximum atomic E-state index is 12.7. The number of benzene rings is 1. The Hall–Kier alpha value is -3.99. The van der Waals surface area contributed by atoms with Crippen LogP contribution >= 0.6 is 0 Å². The van der Waals surface area contributed by atoms with Crippen LogP contribution in [-0.4, -0.2) is 48.9 Å². The van der Waals surface area contributed by atoms with Crippen molar-refractivity contribution >= 4 is 34.3 Å². The van der Waals surface area contributed by atoms with E-state index in [2.05, 4.69) is 25.3 Å². The molecule has 1 aliphatic heterocycles. The van der Waals surface area contributed by atoms with E-state index in [1.54, 1.807) is 18.1 Å². The Balaban J connectivity index is 1.36. The lowest BCUT2D eigenvalue weighted by Crippen LogP contribution is -2.20. The second-order valence-electron chi connectivity index (χ2n) is 10.7. The van der Waals surface area contributed by atoms with E-state index in [0.717, 1.165) is 85.5 Å². The Bertz CT molecular complexity index is 1550. The minimum Gasteiger partial charge on any atom is -0.494 e. The van der Waals surface area contributed by atoms with Gasteiger partial charge in [-0.2, -0.15) is 5.10 Å². The van der Waals surface area contributed by atoms with E-state index in [1.807, 2.05) is 31.3 Å². The number of carbonyl (C=O) groups excluding carboxylic acids is 1. The number of hydrogen-bond donors (Lipinski definition) is 2. The van der Waals surface area contributed by atoms with Gasteiger partial charge in [-0.15, -0.1) is 0 Å². The van der Waals surface area contributed by atoms with E-state index in [-0.39, 0.29) is 18.1 Å². The molecule has 7 rings (SSSR count). The predicted molar refractivity (Wildman–Crippen MR) is 146 cm³/mol. The number of imidazole rings is 1. The molecule has 2 aliphatic carbocycles. The second kappa shape index (κ2) is 9.64. The van der Waals surface area contributed by atoms with Crippen molar-refractivity contribution in [3.63, 3.8) is 0 Å². The van der Waals surface area contributed by atoms with Crippen molar-refractivity contribution in [2.75, 3.05) is 24.4 Å². The summed E-state index contributed by atoms with van der Waals surface area (Å²) >= 11 is 0. The Morgan fingerprint density at radius 1 is 1.10 bits per heavy atom. The highest BCUT2D eigenvalue weighted by Gasteiger charge is 2.35. The third-order valence-electron chi connectivity index (χ3n) is 7.59. The largest absolute Gasteiger partial charge is 0.494 e. The van der Waals surface area contributed by atoms with Crippen molar-refractivity contribution in [2.24, 2.45) is 13.0 Å². The van der Waals surface area contributed by atoms with E-state index < -0.39 is 0 Å². The van der Waals surface area contributed by atoms with Gasteiger partial charge in [-0.1, -0.05) is 6.07 Å². The predicted octanol–water partition coefficient (Wildman–Crippen LogP) is 4.90. The Kier molecular flexibility index (Phi) is 5.95. The quantitative estimate of drug-likeness (QED) is 0.331. The standard InChI is InChI=1S/C28H32N8O3/c1-35-15-29-25(34-35)18-6-5-7-19(24(18)38-2)30-20-14-21(32-28(37)17-11-12-17)31-27-23(20)33-26(16-9-10-16)36(27)22-8-3-4-13-39-22/h5-7,14-17,22H,3-4,8-13H2,1-2H3,(H2,30,31,32,37). The molecular formula is C28H32N8O3. The maximum Gasteiger partial charge on any atom is 0.228 e. The molecule has 0 bridgehead atoms. The zero-order valence-electron chi connectivity index (χ0n) is 22.2. The highest BCUT2D eigenvalue weighted by molar-refractivity contribution is 5.97. The number of para-hydroxylation sites is 1. The topological polar surface area (TPSA) is 121 Å². The van der Waals surface area contributed by atoms with Gasteiger partial charge >= 0.3 is 0 Å². The second-order valence-corrected chi connectivity index (χ2v) is 10.7. The molecule has 1 atom stereocenters. The van der Waals surface area contributed by atoms with Gasteiger partial charge in [0.05, 0.1) is 24.0 Å². The van der Waals surface area contributed by atoms with Crippen molar-refractivity contribution in [1.29, 1.82) is 0 Å². The normalized spacial score (nSPS) is 19.3. The number of rotatable bonds is 8. The molecule has 0 spiro atoms. The first kappa shape index (κ1) is 24.1.